The highest BCUT2D eigenvalue weighted by Gasteiger charge is 2.08. The van der Waals surface area contributed by atoms with Crippen molar-refractivity contribution in [3.8, 4) is 0 Å². The summed E-state index contributed by atoms with van der Waals surface area (Å²) in [6.07, 6.45) is 2.75. The van der Waals surface area contributed by atoms with Gasteiger partial charge >= 0.3 is 0 Å². The number of nitrogens with zero attached hydrogens (tertiary/aromatic N) is 1. The van der Waals surface area contributed by atoms with Crippen molar-refractivity contribution in [2.45, 2.75) is 33.0 Å². The molecule has 0 bridgehead atoms. The third kappa shape index (κ3) is 4.99. The minimum Gasteiger partial charge on any atom is -0.468 e. The van der Waals surface area contributed by atoms with Gasteiger partial charge in [-0.2, -0.15) is 0 Å². The fourth-order valence-electron chi connectivity index (χ4n) is 2.28. The Kier molecular flexibility index (Phi) is 5.96. The molecule has 2 rings (SSSR count). The Morgan fingerprint density at radius 1 is 1.24 bits per heavy atom. The largest absolute Gasteiger partial charge is 0.468 e. The van der Waals surface area contributed by atoms with Crippen molar-refractivity contribution in [2.75, 3.05) is 13.6 Å². The van der Waals surface area contributed by atoms with E-state index in [1.807, 2.05) is 36.2 Å². The molecule has 0 aliphatic heterocycles. The van der Waals surface area contributed by atoms with Crippen LogP contribution < -0.4 is 5.32 Å². The molecule has 114 valence electrons. The van der Waals surface area contributed by atoms with E-state index in [2.05, 4.69) is 12.2 Å². The number of nitrogens with one attached hydrogen (secondary N) is 1. The number of hydrogen-bond acceptors (Lipinski definition) is 3. The Morgan fingerprint density at radius 3 is 2.81 bits per heavy atom. The van der Waals surface area contributed by atoms with Crippen molar-refractivity contribution in [1.82, 2.24) is 10.2 Å². The van der Waals surface area contributed by atoms with Gasteiger partial charge in [-0.05, 0) is 43.8 Å². The summed E-state index contributed by atoms with van der Waals surface area (Å²) in [5.74, 6) is 0.735. The van der Waals surface area contributed by atoms with Crippen molar-refractivity contribution >= 4 is 0 Å². The molecule has 0 amide bonds. The van der Waals surface area contributed by atoms with Crippen molar-refractivity contribution in [1.29, 1.82) is 0 Å². The van der Waals surface area contributed by atoms with Crippen molar-refractivity contribution in [2.24, 2.45) is 0 Å². The van der Waals surface area contributed by atoms with Crippen molar-refractivity contribution in [3.05, 3.63) is 59.3 Å². The first-order valence-corrected chi connectivity index (χ1v) is 7.38. The molecule has 4 heteroatoms. The standard InChI is InChI=1S/C17H23FN2O/c1-3-8-19-11-14-6-7-17(18)15(10-14)12-20(2)13-16-5-4-9-21-16/h4-7,9-10,19H,3,8,11-13H2,1-2H3. The molecule has 1 N–H and O–H groups in total. The third-order valence-electron chi connectivity index (χ3n) is 3.31. The number of halogens is 1. The molecular formula is C17H23FN2O. The van der Waals surface area contributed by atoms with E-state index in [9.17, 15) is 4.39 Å². The fraction of sp³-hybridized carbons (Fsp3) is 0.412. The van der Waals surface area contributed by atoms with Crippen LogP contribution >= 0.6 is 0 Å². The summed E-state index contributed by atoms with van der Waals surface area (Å²) in [5.41, 5.74) is 1.84. The molecule has 1 aromatic heterocycles. The Balaban J connectivity index is 1.96. The average molecular weight is 290 g/mol. The van der Waals surface area contributed by atoms with Crippen LogP contribution in [0.4, 0.5) is 4.39 Å². The molecule has 0 spiro atoms. The van der Waals surface area contributed by atoms with E-state index in [-0.39, 0.29) is 5.82 Å². The first kappa shape index (κ1) is 15.7. The van der Waals surface area contributed by atoms with E-state index in [1.165, 1.54) is 0 Å². The monoisotopic (exact) mass is 290 g/mol. The van der Waals surface area contributed by atoms with Crippen LogP contribution in [0.25, 0.3) is 0 Å². The van der Waals surface area contributed by atoms with Gasteiger partial charge in [0, 0.05) is 18.7 Å². The Labute approximate surface area is 125 Å². The lowest BCUT2D eigenvalue weighted by Crippen LogP contribution is -2.18. The SMILES string of the molecule is CCCNCc1ccc(F)c(CN(C)Cc2ccco2)c1. The number of benzene rings is 1. The molecule has 0 saturated heterocycles. The van der Waals surface area contributed by atoms with E-state index in [0.29, 0.717) is 13.1 Å². The van der Waals surface area contributed by atoms with E-state index in [0.717, 1.165) is 36.4 Å². The highest BCUT2D eigenvalue weighted by Crippen LogP contribution is 2.14. The maximum Gasteiger partial charge on any atom is 0.127 e. The predicted molar refractivity (Wildman–Crippen MR) is 82.3 cm³/mol. The minimum atomic E-state index is -0.152. The lowest BCUT2D eigenvalue weighted by atomic mass is 10.1. The smallest absolute Gasteiger partial charge is 0.127 e. The first-order chi connectivity index (χ1) is 10.2. The number of hydrogen-bond donors (Lipinski definition) is 1. The zero-order valence-electron chi connectivity index (χ0n) is 12.7. The van der Waals surface area contributed by atoms with Gasteiger partial charge in [0.25, 0.3) is 0 Å². The molecule has 2 aromatic rings. The van der Waals surface area contributed by atoms with Crippen LogP contribution in [0.15, 0.2) is 41.0 Å². The average Bonchev–Trinajstić information content (AvgIpc) is 2.95. The second kappa shape index (κ2) is 7.96. The summed E-state index contributed by atoms with van der Waals surface area (Å²) in [7, 11) is 1.96. The lowest BCUT2D eigenvalue weighted by molar-refractivity contribution is 0.284. The highest BCUT2D eigenvalue weighted by atomic mass is 19.1. The van der Waals surface area contributed by atoms with Gasteiger partial charge in [0.1, 0.15) is 11.6 Å². The number of furan rings is 1. The van der Waals surface area contributed by atoms with Gasteiger partial charge in [-0.1, -0.05) is 19.1 Å². The predicted octanol–water partition coefficient (Wildman–Crippen LogP) is 3.55. The van der Waals surface area contributed by atoms with Crippen LogP contribution in [0.5, 0.6) is 0 Å². The maximum absolute atomic E-state index is 13.9. The van der Waals surface area contributed by atoms with Crippen LogP contribution in [-0.4, -0.2) is 18.5 Å². The highest BCUT2D eigenvalue weighted by molar-refractivity contribution is 5.25. The van der Waals surface area contributed by atoms with E-state index in [4.69, 9.17) is 4.42 Å². The molecule has 0 radical (unpaired) electrons. The molecular weight excluding hydrogens is 267 g/mol. The van der Waals surface area contributed by atoms with Crippen LogP contribution in [0, 0.1) is 5.82 Å². The summed E-state index contributed by atoms with van der Waals surface area (Å²) >= 11 is 0. The van der Waals surface area contributed by atoms with Gasteiger partial charge in [-0.3, -0.25) is 4.90 Å². The second-order valence-electron chi connectivity index (χ2n) is 5.35. The van der Waals surface area contributed by atoms with Gasteiger partial charge < -0.3 is 9.73 Å². The van der Waals surface area contributed by atoms with Crippen LogP contribution in [0.2, 0.25) is 0 Å². The zero-order valence-corrected chi connectivity index (χ0v) is 12.7. The summed E-state index contributed by atoms with van der Waals surface area (Å²) in [4.78, 5) is 2.04. The molecule has 0 fully saturated rings. The molecule has 1 heterocycles. The van der Waals surface area contributed by atoms with Crippen LogP contribution in [0.1, 0.15) is 30.2 Å². The summed E-state index contributed by atoms with van der Waals surface area (Å²) in [5, 5.41) is 3.34. The normalized spacial score (nSPS) is 11.2. The van der Waals surface area contributed by atoms with E-state index >= 15 is 0 Å². The Morgan fingerprint density at radius 2 is 2.10 bits per heavy atom. The van der Waals surface area contributed by atoms with Crippen LogP contribution in [0.3, 0.4) is 0 Å². The maximum atomic E-state index is 13.9. The summed E-state index contributed by atoms with van der Waals surface area (Å²) in [6, 6.07) is 9.13. The van der Waals surface area contributed by atoms with Crippen molar-refractivity contribution in [3.63, 3.8) is 0 Å². The van der Waals surface area contributed by atoms with Gasteiger partial charge in [0.15, 0.2) is 0 Å². The quantitative estimate of drug-likeness (QED) is 0.754. The molecule has 0 atom stereocenters. The first-order valence-electron chi connectivity index (χ1n) is 7.38. The molecule has 0 unspecified atom stereocenters. The van der Waals surface area contributed by atoms with E-state index in [1.54, 1.807) is 12.3 Å². The summed E-state index contributed by atoms with van der Waals surface area (Å²) < 4.78 is 19.2. The summed E-state index contributed by atoms with van der Waals surface area (Å²) in [6.45, 7) is 5.12. The molecule has 1 aromatic carbocycles. The van der Waals surface area contributed by atoms with E-state index < -0.39 is 0 Å². The van der Waals surface area contributed by atoms with Gasteiger partial charge in [0.05, 0.1) is 12.8 Å². The minimum absolute atomic E-state index is 0.152. The second-order valence-corrected chi connectivity index (χ2v) is 5.35. The Bertz CT molecular complexity index is 540. The molecule has 0 saturated carbocycles. The number of rotatable bonds is 8. The molecule has 21 heavy (non-hydrogen) atoms. The molecule has 3 nitrogen and oxygen atoms in total. The van der Waals surface area contributed by atoms with Gasteiger partial charge in [-0.15, -0.1) is 0 Å². The molecule has 0 aliphatic carbocycles. The molecule has 0 aliphatic rings. The van der Waals surface area contributed by atoms with Gasteiger partial charge in [0.2, 0.25) is 0 Å². The van der Waals surface area contributed by atoms with Crippen molar-refractivity contribution < 1.29 is 8.81 Å². The lowest BCUT2D eigenvalue weighted by Gasteiger charge is -2.16. The van der Waals surface area contributed by atoms with Crippen LogP contribution in [-0.2, 0) is 19.6 Å². The zero-order chi connectivity index (χ0) is 15.1. The van der Waals surface area contributed by atoms with Gasteiger partial charge in [-0.25, -0.2) is 4.39 Å². The fourth-order valence-corrected chi connectivity index (χ4v) is 2.28. The Hall–Kier alpha value is -1.65. The third-order valence-corrected chi connectivity index (χ3v) is 3.31. The topological polar surface area (TPSA) is 28.4 Å².